The van der Waals surface area contributed by atoms with Crippen molar-refractivity contribution in [3.63, 3.8) is 0 Å². The number of rotatable bonds is 7. The molecule has 0 bridgehead atoms. The fraction of sp³-hybridized carbons (Fsp3) is 0.308. The van der Waals surface area contributed by atoms with Gasteiger partial charge in [-0.25, -0.2) is 15.0 Å². The molecule has 5 rings (SSSR count). The number of methoxy groups -OCH3 is 1. The van der Waals surface area contributed by atoms with Gasteiger partial charge in [-0.05, 0) is 63.2 Å². The van der Waals surface area contributed by atoms with Crippen LogP contribution in [0.4, 0.5) is 11.5 Å². The minimum absolute atomic E-state index is 0.611. The van der Waals surface area contributed by atoms with Gasteiger partial charge in [0.15, 0.2) is 0 Å². The number of ether oxygens (including phenoxy) is 1. The predicted molar refractivity (Wildman–Crippen MR) is 145 cm³/mol. The van der Waals surface area contributed by atoms with Crippen LogP contribution in [0, 0.1) is 5.92 Å². The molecule has 0 spiro atoms. The standard InChI is InChI=1S/C26H29N7OS/c1-33-7-5-17(6-8-33)13-28-14-18(12-27)20-10-21-23(11-24(20)34-2)29-15-30-26(21)32-19-3-4-22-25(9-19)35-16-31-22/h3-4,9-12,14-17H,5-8,13,27H2,1-2H3,(H,29,30,32)/b18-12+,28-14?. The molecule has 4 aromatic rings. The first kappa shape index (κ1) is 23.2. The summed E-state index contributed by atoms with van der Waals surface area (Å²) in [6, 6.07) is 10.0. The Morgan fingerprint density at radius 3 is 2.86 bits per heavy atom. The van der Waals surface area contributed by atoms with Gasteiger partial charge in [0, 0.05) is 47.2 Å². The van der Waals surface area contributed by atoms with Gasteiger partial charge in [-0.3, -0.25) is 4.99 Å². The fourth-order valence-corrected chi connectivity index (χ4v) is 5.11. The van der Waals surface area contributed by atoms with Crippen molar-refractivity contribution in [3.8, 4) is 5.75 Å². The van der Waals surface area contributed by atoms with Crippen molar-refractivity contribution in [2.24, 2.45) is 16.6 Å². The summed E-state index contributed by atoms with van der Waals surface area (Å²) < 4.78 is 6.81. The van der Waals surface area contributed by atoms with Crippen molar-refractivity contribution in [2.75, 3.05) is 39.1 Å². The molecule has 1 fully saturated rings. The Balaban J connectivity index is 1.44. The van der Waals surface area contributed by atoms with E-state index in [1.165, 1.54) is 12.8 Å². The monoisotopic (exact) mass is 487 g/mol. The van der Waals surface area contributed by atoms with E-state index in [2.05, 4.69) is 38.3 Å². The van der Waals surface area contributed by atoms with Crippen LogP contribution in [-0.4, -0.2) is 59.9 Å². The quantitative estimate of drug-likeness (QED) is 0.364. The van der Waals surface area contributed by atoms with Crippen LogP contribution in [0.5, 0.6) is 5.75 Å². The average Bonchev–Trinajstić information content (AvgIpc) is 3.35. The summed E-state index contributed by atoms with van der Waals surface area (Å²) in [5.74, 6) is 2.01. The third-order valence-corrected chi connectivity index (χ3v) is 7.27. The van der Waals surface area contributed by atoms with E-state index in [1.807, 2.05) is 36.0 Å². The van der Waals surface area contributed by atoms with Crippen molar-refractivity contribution in [1.29, 1.82) is 0 Å². The van der Waals surface area contributed by atoms with Crippen LogP contribution < -0.4 is 15.8 Å². The topological polar surface area (TPSA) is 102 Å². The summed E-state index contributed by atoms with van der Waals surface area (Å²) >= 11 is 1.61. The predicted octanol–water partition coefficient (Wildman–Crippen LogP) is 4.70. The number of thiazole rings is 1. The van der Waals surface area contributed by atoms with E-state index in [0.717, 1.165) is 57.6 Å². The van der Waals surface area contributed by atoms with Crippen molar-refractivity contribution in [1.82, 2.24) is 19.9 Å². The van der Waals surface area contributed by atoms with Gasteiger partial charge in [-0.2, -0.15) is 0 Å². The Morgan fingerprint density at radius 2 is 2.06 bits per heavy atom. The summed E-state index contributed by atoms with van der Waals surface area (Å²) in [7, 11) is 3.82. The molecule has 9 heteroatoms. The van der Waals surface area contributed by atoms with Crippen molar-refractivity contribution in [2.45, 2.75) is 12.8 Å². The summed E-state index contributed by atoms with van der Waals surface area (Å²) in [5, 5.41) is 4.31. The van der Waals surface area contributed by atoms with Crippen LogP contribution in [0.3, 0.4) is 0 Å². The number of nitrogens with two attached hydrogens (primary N) is 1. The molecule has 1 aliphatic rings. The van der Waals surface area contributed by atoms with Gasteiger partial charge in [0.05, 0.1) is 28.4 Å². The van der Waals surface area contributed by atoms with Crippen molar-refractivity contribution < 1.29 is 4.74 Å². The second kappa shape index (κ2) is 10.4. The van der Waals surface area contributed by atoms with Gasteiger partial charge in [0.1, 0.15) is 17.9 Å². The number of fused-ring (bicyclic) bond motifs is 2. The highest BCUT2D eigenvalue weighted by Crippen LogP contribution is 2.33. The molecule has 3 heterocycles. The molecule has 2 aromatic heterocycles. The van der Waals surface area contributed by atoms with E-state index < -0.39 is 0 Å². The summed E-state index contributed by atoms with van der Waals surface area (Å²) in [6.07, 6.45) is 7.34. The van der Waals surface area contributed by atoms with E-state index in [9.17, 15) is 0 Å². The zero-order valence-corrected chi connectivity index (χ0v) is 20.8. The average molecular weight is 488 g/mol. The molecule has 35 heavy (non-hydrogen) atoms. The zero-order chi connectivity index (χ0) is 24.2. The van der Waals surface area contributed by atoms with Crippen LogP contribution in [0.15, 0.2) is 53.4 Å². The number of nitrogens with zero attached hydrogens (tertiary/aromatic N) is 5. The van der Waals surface area contributed by atoms with Crippen LogP contribution in [0.25, 0.3) is 26.7 Å². The van der Waals surface area contributed by atoms with E-state index in [4.69, 9.17) is 15.5 Å². The van der Waals surface area contributed by atoms with Gasteiger partial charge in [-0.1, -0.05) is 0 Å². The molecule has 0 atom stereocenters. The minimum atomic E-state index is 0.611. The number of allylic oxidation sites excluding steroid dienone is 1. The smallest absolute Gasteiger partial charge is 0.141 e. The second-order valence-corrected chi connectivity index (χ2v) is 9.70. The Labute approximate surface area is 208 Å². The molecule has 0 saturated carbocycles. The molecular weight excluding hydrogens is 458 g/mol. The highest BCUT2D eigenvalue weighted by atomic mass is 32.1. The first-order valence-corrected chi connectivity index (χ1v) is 12.6. The van der Waals surface area contributed by atoms with Crippen LogP contribution >= 0.6 is 11.3 Å². The molecule has 0 radical (unpaired) electrons. The molecule has 3 N–H and O–H groups in total. The lowest BCUT2D eigenvalue weighted by molar-refractivity contribution is 0.224. The maximum absolute atomic E-state index is 6.05. The highest BCUT2D eigenvalue weighted by Gasteiger charge is 2.17. The summed E-state index contributed by atoms with van der Waals surface area (Å²) in [6.45, 7) is 3.06. The van der Waals surface area contributed by atoms with Crippen LogP contribution in [-0.2, 0) is 0 Å². The van der Waals surface area contributed by atoms with Gasteiger partial charge in [0.2, 0.25) is 0 Å². The van der Waals surface area contributed by atoms with Crippen LogP contribution in [0.2, 0.25) is 0 Å². The number of aliphatic imine (C=N–C) groups is 1. The SMILES string of the molecule is COc1cc2ncnc(Nc3ccc4ncsc4c3)c2cc1/C(C=NCC1CCN(C)CC1)=C/N. The molecule has 0 unspecified atom stereocenters. The molecule has 0 aliphatic carbocycles. The fourth-order valence-electron chi connectivity index (χ4n) is 4.39. The van der Waals surface area contributed by atoms with Gasteiger partial charge in [-0.15, -0.1) is 11.3 Å². The van der Waals surface area contributed by atoms with Gasteiger partial charge < -0.3 is 20.7 Å². The third kappa shape index (κ3) is 5.11. The molecular formula is C26H29N7OS. The number of benzene rings is 2. The molecule has 1 aliphatic heterocycles. The molecule has 8 nitrogen and oxygen atoms in total. The Kier molecular flexibility index (Phi) is 6.87. The minimum Gasteiger partial charge on any atom is -0.496 e. The number of piperidine rings is 1. The lowest BCUT2D eigenvalue weighted by Gasteiger charge is -2.27. The Hall–Kier alpha value is -3.56. The number of hydrogen-bond donors (Lipinski definition) is 2. The molecule has 180 valence electrons. The molecule has 2 aromatic carbocycles. The third-order valence-electron chi connectivity index (χ3n) is 6.47. The Morgan fingerprint density at radius 1 is 1.20 bits per heavy atom. The first-order valence-electron chi connectivity index (χ1n) is 11.7. The number of hydrogen-bond acceptors (Lipinski definition) is 9. The number of nitrogens with one attached hydrogen (secondary N) is 1. The highest BCUT2D eigenvalue weighted by molar-refractivity contribution is 7.16. The lowest BCUT2D eigenvalue weighted by atomic mass is 9.97. The van der Waals surface area contributed by atoms with Crippen LogP contribution in [0.1, 0.15) is 18.4 Å². The first-order chi connectivity index (χ1) is 17.1. The summed E-state index contributed by atoms with van der Waals surface area (Å²) in [5.41, 5.74) is 12.3. The van der Waals surface area contributed by atoms with E-state index in [0.29, 0.717) is 17.5 Å². The number of aromatic nitrogens is 3. The van der Waals surface area contributed by atoms with Crippen molar-refractivity contribution >= 4 is 55.7 Å². The summed E-state index contributed by atoms with van der Waals surface area (Å²) in [4.78, 5) is 20.4. The van der Waals surface area contributed by atoms with Crippen molar-refractivity contribution in [3.05, 3.63) is 53.9 Å². The zero-order valence-electron chi connectivity index (χ0n) is 19.9. The maximum Gasteiger partial charge on any atom is 0.141 e. The Bertz CT molecular complexity index is 1390. The van der Waals surface area contributed by atoms with E-state index in [1.54, 1.807) is 31.0 Å². The largest absolute Gasteiger partial charge is 0.496 e. The molecule has 0 amide bonds. The molecule has 1 saturated heterocycles. The second-order valence-electron chi connectivity index (χ2n) is 8.81. The maximum atomic E-state index is 6.05. The lowest BCUT2D eigenvalue weighted by Crippen LogP contribution is -2.31. The number of anilines is 2. The van der Waals surface area contributed by atoms with Gasteiger partial charge >= 0.3 is 0 Å². The normalized spacial score (nSPS) is 15.9. The van der Waals surface area contributed by atoms with E-state index in [-0.39, 0.29) is 0 Å². The van der Waals surface area contributed by atoms with E-state index >= 15 is 0 Å². The number of likely N-dealkylation sites (tertiary alicyclic amines) is 1. The van der Waals surface area contributed by atoms with Gasteiger partial charge in [0.25, 0.3) is 0 Å².